The fraction of sp³-hybridized carbons (Fsp3) is 0.667. The Kier molecular flexibility index (Phi) is 1.97. The standard InChI is InChI=1S/C9H13N3OS/c14-9-3-7-4-11(8-5-13-6-8)1-2-12(7)10-9/h3,8H,1-2,4-6H2,(H,10,14). The number of hydrogen-bond acceptors (Lipinski definition) is 3. The molecule has 0 aliphatic carbocycles. The predicted octanol–water partition coefficient (Wildman–Crippen LogP) is 0.760. The van der Waals surface area contributed by atoms with Crippen LogP contribution in [0.15, 0.2) is 6.07 Å². The molecule has 0 saturated carbocycles. The summed E-state index contributed by atoms with van der Waals surface area (Å²) in [6, 6.07) is 2.69. The minimum absolute atomic E-state index is 0.632. The van der Waals surface area contributed by atoms with Crippen molar-refractivity contribution in [1.29, 1.82) is 0 Å². The molecule has 5 heteroatoms. The van der Waals surface area contributed by atoms with Gasteiger partial charge in [-0.25, -0.2) is 0 Å². The first kappa shape index (κ1) is 8.64. The number of ether oxygens (including phenoxy) is 1. The van der Waals surface area contributed by atoms with E-state index in [1.54, 1.807) is 0 Å². The minimum atomic E-state index is 0.632. The lowest BCUT2D eigenvalue weighted by Crippen LogP contribution is -2.51. The van der Waals surface area contributed by atoms with Crippen molar-refractivity contribution < 1.29 is 4.74 Å². The summed E-state index contributed by atoms with van der Waals surface area (Å²) in [5, 5.41) is 3.17. The third-order valence-corrected chi connectivity index (χ3v) is 3.21. The van der Waals surface area contributed by atoms with Gasteiger partial charge in [0, 0.05) is 13.1 Å². The molecule has 1 N–H and O–H groups in total. The zero-order chi connectivity index (χ0) is 9.54. The zero-order valence-corrected chi connectivity index (χ0v) is 8.72. The van der Waals surface area contributed by atoms with Crippen LogP contribution in [0, 0.1) is 4.64 Å². The number of aromatic nitrogens is 2. The third-order valence-electron chi connectivity index (χ3n) is 3.00. The molecule has 1 saturated heterocycles. The molecule has 0 spiro atoms. The van der Waals surface area contributed by atoms with E-state index in [9.17, 15) is 0 Å². The lowest BCUT2D eigenvalue weighted by Gasteiger charge is -2.39. The van der Waals surface area contributed by atoms with Crippen LogP contribution in [-0.2, 0) is 17.8 Å². The predicted molar refractivity (Wildman–Crippen MR) is 54.6 cm³/mol. The second kappa shape index (κ2) is 3.18. The zero-order valence-electron chi connectivity index (χ0n) is 7.90. The Hall–Kier alpha value is -0.650. The molecule has 76 valence electrons. The van der Waals surface area contributed by atoms with Crippen molar-refractivity contribution in [3.05, 3.63) is 16.4 Å². The fourth-order valence-corrected chi connectivity index (χ4v) is 2.30. The third kappa shape index (κ3) is 1.32. The molecule has 1 fully saturated rings. The van der Waals surface area contributed by atoms with Crippen LogP contribution >= 0.6 is 12.2 Å². The van der Waals surface area contributed by atoms with Crippen molar-refractivity contribution in [2.75, 3.05) is 19.8 Å². The summed E-state index contributed by atoms with van der Waals surface area (Å²) in [6.45, 7) is 4.90. The second-order valence-electron chi connectivity index (χ2n) is 3.93. The molecular formula is C9H13N3OS. The van der Waals surface area contributed by atoms with Gasteiger partial charge in [-0.15, -0.1) is 0 Å². The van der Waals surface area contributed by atoms with Crippen molar-refractivity contribution in [3.8, 4) is 0 Å². The highest BCUT2D eigenvalue weighted by atomic mass is 32.1. The van der Waals surface area contributed by atoms with Gasteiger partial charge in [0.2, 0.25) is 0 Å². The number of rotatable bonds is 1. The lowest BCUT2D eigenvalue weighted by atomic mass is 10.2. The SMILES string of the molecule is S=c1cc2n([nH]1)CCN(C1COC1)C2. The van der Waals surface area contributed by atoms with E-state index in [-0.39, 0.29) is 0 Å². The summed E-state index contributed by atoms with van der Waals surface area (Å²) in [7, 11) is 0. The number of nitrogens with zero attached hydrogens (tertiary/aromatic N) is 2. The quantitative estimate of drug-likeness (QED) is 0.696. The topological polar surface area (TPSA) is 33.2 Å². The molecule has 0 radical (unpaired) electrons. The molecule has 0 aromatic carbocycles. The van der Waals surface area contributed by atoms with Gasteiger partial charge in [-0.05, 0) is 6.07 Å². The van der Waals surface area contributed by atoms with Crippen LogP contribution in [0.1, 0.15) is 5.69 Å². The summed E-state index contributed by atoms with van der Waals surface area (Å²) in [6.07, 6.45) is 0. The van der Waals surface area contributed by atoms with Crippen LogP contribution in [0.2, 0.25) is 0 Å². The lowest BCUT2D eigenvalue weighted by molar-refractivity contribution is -0.0735. The Morgan fingerprint density at radius 2 is 2.29 bits per heavy atom. The van der Waals surface area contributed by atoms with Gasteiger partial charge in [0.25, 0.3) is 0 Å². The molecule has 4 nitrogen and oxygen atoms in total. The van der Waals surface area contributed by atoms with E-state index in [0.717, 1.165) is 37.5 Å². The van der Waals surface area contributed by atoms with Crippen molar-refractivity contribution in [3.63, 3.8) is 0 Å². The smallest absolute Gasteiger partial charge is 0.119 e. The van der Waals surface area contributed by atoms with Gasteiger partial charge in [-0.3, -0.25) is 14.7 Å². The summed E-state index contributed by atoms with van der Waals surface area (Å²) in [4.78, 5) is 2.47. The van der Waals surface area contributed by atoms with Crippen LogP contribution < -0.4 is 0 Å². The van der Waals surface area contributed by atoms with E-state index < -0.39 is 0 Å². The van der Waals surface area contributed by atoms with Crippen LogP contribution in [-0.4, -0.2) is 40.5 Å². The minimum Gasteiger partial charge on any atom is -0.378 e. The van der Waals surface area contributed by atoms with Gasteiger partial charge in [-0.2, -0.15) is 0 Å². The Labute approximate surface area is 87.4 Å². The molecular weight excluding hydrogens is 198 g/mol. The van der Waals surface area contributed by atoms with Crippen molar-refractivity contribution >= 4 is 12.2 Å². The van der Waals surface area contributed by atoms with E-state index >= 15 is 0 Å². The molecule has 3 heterocycles. The highest BCUT2D eigenvalue weighted by Crippen LogP contribution is 2.18. The van der Waals surface area contributed by atoms with E-state index in [1.165, 1.54) is 5.69 Å². The van der Waals surface area contributed by atoms with Crippen LogP contribution in [0.4, 0.5) is 0 Å². The van der Waals surface area contributed by atoms with Crippen LogP contribution in [0.25, 0.3) is 0 Å². The van der Waals surface area contributed by atoms with E-state index in [4.69, 9.17) is 17.0 Å². The van der Waals surface area contributed by atoms with Gasteiger partial charge in [0.05, 0.1) is 31.5 Å². The highest BCUT2D eigenvalue weighted by Gasteiger charge is 2.28. The van der Waals surface area contributed by atoms with Crippen molar-refractivity contribution in [1.82, 2.24) is 14.7 Å². The average Bonchev–Trinajstić information content (AvgIpc) is 2.40. The molecule has 0 unspecified atom stereocenters. The first-order valence-electron chi connectivity index (χ1n) is 4.93. The molecule has 0 amide bonds. The van der Waals surface area contributed by atoms with Crippen molar-refractivity contribution in [2.24, 2.45) is 0 Å². The molecule has 2 aliphatic heterocycles. The summed E-state index contributed by atoms with van der Waals surface area (Å²) in [5.41, 5.74) is 1.30. The van der Waals surface area contributed by atoms with Gasteiger partial charge in [0.15, 0.2) is 0 Å². The number of nitrogens with one attached hydrogen (secondary N) is 1. The number of aromatic amines is 1. The molecule has 0 atom stereocenters. The maximum absolute atomic E-state index is 5.20. The first-order chi connectivity index (χ1) is 6.83. The summed E-state index contributed by atoms with van der Waals surface area (Å²) < 4.78 is 8.20. The molecule has 1 aromatic rings. The Morgan fingerprint density at radius 1 is 1.43 bits per heavy atom. The van der Waals surface area contributed by atoms with Gasteiger partial charge in [0.1, 0.15) is 4.64 Å². The van der Waals surface area contributed by atoms with E-state index in [0.29, 0.717) is 6.04 Å². The number of H-pyrrole nitrogens is 1. The first-order valence-corrected chi connectivity index (χ1v) is 5.34. The summed E-state index contributed by atoms with van der Waals surface area (Å²) in [5.74, 6) is 0. The molecule has 14 heavy (non-hydrogen) atoms. The van der Waals surface area contributed by atoms with Gasteiger partial charge >= 0.3 is 0 Å². The Balaban J connectivity index is 1.81. The second-order valence-corrected chi connectivity index (χ2v) is 4.36. The maximum Gasteiger partial charge on any atom is 0.119 e. The Bertz CT molecular complexity index is 393. The average molecular weight is 211 g/mol. The molecule has 1 aromatic heterocycles. The fourth-order valence-electron chi connectivity index (χ4n) is 2.06. The summed E-state index contributed by atoms with van der Waals surface area (Å²) >= 11 is 5.11. The highest BCUT2D eigenvalue weighted by molar-refractivity contribution is 7.71. The van der Waals surface area contributed by atoms with Gasteiger partial charge in [-0.1, -0.05) is 12.2 Å². The van der Waals surface area contributed by atoms with Crippen LogP contribution in [0.3, 0.4) is 0 Å². The number of fused-ring (bicyclic) bond motifs is 1. The molecule has 0 bridgehead atoms. The van der Waals surface area contributed by atoms with Crippen LogP contribution in [0.5, 0.6) is 0 Å². The normalized spacial score (nSPS) is 23.1. The largest absolute Gasteiger partial charge is 0.378 e. The van der Waals surface area contributed by atoms with E-state index in [2.05, 4.69) is 20.7 Å². The monoisotopic (exact) mass is 211 g/mol. The van der Waals surface area contributed by atoms with Crippen molar-refractivity contribution in [2.45, 2.75) is 19.1 Å². The van der Waals surface area contributed by atoms with Gasteiger partial charge < -0.3 is 4.74 Å². The molecule has 3 rings (SSSR count). The Morgan fingerprint density at radius 3 is 3.00 bits per heavy atom. The number of hydrogen-bond donors (Lipinski definition) is 1. The van der Waals surface area contributed by atoms with E-state index in [1.807, 2.05) is 0 Å². The maximum atomic E-state index is 5.20. The molecule has 2 aliphatic rings.